The van der Waals surface area contributed by atoms with Gasteiger partial charge in [-0.05, 0) is 12.8 Å². The van der Waals surface area contributed by atoms with Crippen molar-refractivity contribution < 1.29 is 4.79 Å². The minimum absolute atomic E-state index is 0.167. The monoisotopic (exact) mass is 179 g/mol. The molecular formula is C9H13N3O. The third-order valence-corrected chi connectivity index (χ3v) is 2.37. The van der Waals surface area contributed by atoms with Crippen LogP contribution in [0, 0.1) is 0 Å². The Morgan fingerprint density at radius 1 is 1.69 bits per heavy atom. The summed E-state index contributed by atoms with van der Waals surface area (Å²) in [5, 5.41) is 0. The van der Waals surface area contributed by atoms with E-state index in [1.807, 2.05) is 11.9 Å². The average molecular weight is 179 g/mol. The molecule has 0 aromatic carbocycles. The van der Waals surface area contributed by atoms with Gasteiger partial charge in [0, 0.05) is 25.5 Å². The number of likely N-dealkylation sites (N-methyl/N-ethyl adjacent to an activating group) is 1. The Morgan fingerprint density at radius 3 is 3.00 bits per heavy atom. The number of hydrogen-bond donors (Lipinski definition) is 0. The van der Waals surface area contributed by atoms with Gasteiger partial charge in [-0.25, -0.2) is 4.98 Å². The fourth-order valence-electron chi connectivity index (χ4n) is 1.31. The van der Waals surface area contributed by atoms with Crippen LogP contribution in [0.5, 0.6) is 0 Å². The first-order valence-corrected chi connectivity index (χ1v) is 4.49. The molecule has 1 amide bonds. The van der Waals surface area contributed by atoms with Gasteiger partial charge in [-0.3, -0.25) is 4.79 Å². The molecule has 0 radical (unpaired) electrons. The van der Waals surface area contributed by atoms with Crippen LogP contribution in [-0.2, 0) is 11.3 Å². The van der Waals surface area contributed by atoms with Gasteiger partial charge in [-0.2, -0.15) is 0 Å². The molecule has 1 aliphatic rings. The molecule has 1 aromatic rings. The summed E-state index contributed by atoms with van der Waals surface area (Å²) >= 11 is 0. The van der Waals surface area contributed by atoms with E-state index in [1.165, 1.54) is 0 Å². The van der Waals surface area contributed by atoms with E-state index in [9.17, 15) is 4.79 Å². The molecule has 2 rings (SSSR count). The molecule has 1 aliphatic carbocycles. The lowest BCUT2D eigenvalue weighted by Gasteiger charge is -2.15. The van der Waals surface area contributed by atoms with Gasteiger partial charge in [0.05, 0.1) is 6.33 Å². The van der Waals surface area contributed by atoms with Gasteiger partial charge in [0.15, 0.2) is 0 Å². The van der Waals surface area contributed by atoms with E-state index in [-0.39, 0.29) is 5.91 Å². The molecule has 1 heterocycles. The Balaban J connectivity index is 1.90. The maximum atomic E-state index is 11.6. The van der Waals surface area contributed by atoms with Crippen LogP contribution in [0.1, 0.15) is 12.8 Å². The van der Waals surface area contributed by atoms with Gasteiger partial charge in [-0.1, -0.05) is 0 Å². The lowest BCUT2D eigenvalue weighted by atomic mass is 10.5. The summed E-state index contributed by atoms with van der Waals surface area (Å²) in [6.45, 7) is 0.410. The first-order chi connectivity index (χ1) is 6.27. The van der Waals surface area contributed by atoms with Gasteiger partial charge in [-0.15, -0.1) is 0 Å². The second-order valence-corrected chi connectivity index (χ2v) is 3.47. The Kier molecular flexibility index (Phi) is 2.04. The summed E-state index contributed by atoms with van der Waals surface area (Å²) in [6, 6.07) is 0.496. The fourth-order valence-corrected chi connectivity index (χ4v) is 1.31. The zero-order valence-electron chi connectivity index (χ0n) is 7.68. The minimum Gasteiger partial charge on any atom is -0.341 e. The third kappa shape index (κ3) is 1.88. The quantitative estimate of drug-likeness (QED) is 0.677. The van der Waals surface area contributed by atoms with Crippen molar-refractivity contribution in [1.82, 2.24) is 14.5 Å². The van der Waals surface area contributed by atoms with Crippen LogP contribution in [-0.4, -0.2) is 33.4 Å². The van der Waals surface area contributed by atoms with E-state index >= 15 is 0 Å². The van der Waals surface area contributed by atoms with E-state index < -0.39 is 0 Å². The van der Waals surface area contributed by atoms with E-state index in [0.29, 0.717) is 12.6 Å². The Morgan fingerprint density at radius 2 is 2.46 bits per heavy atom. The molecule has 13 heavy (non-hydrogen) atoms. The lowest BCUT2D eigenvalue weighted by Crippen LogP contribution is -2.31. The SMILES string of the molecule is CN(C(=O)Cn1ccnc1)C1CC1. The zero-order valence-corrected chi connectivity index (χ0v) is 7.68. The van der Waals surface area contributed by atoms with E-state index in [0.717, 1.165) is 12.8 Å². The lowest BCUT2D eigenvalue weighted by molar-refractivity contribution is -0.131. The highest BCUT2D eigenvalue weighted by molar-refractivity contribution is 5.76. The Bertz CT molecular complexity index is 290. The van der Waals surface area contributed by atoms with Gasteiger partial charge in [0.2, 0.25) is 5.91 Å². The average Bonchev–Trinajstić information content (AvgIpc) is 2.85. The summed E-state index contributed by atoms with van der Waals surface area (Å²) in [7, 11) is 1.87. The fraction of sp³-hybridized carbons (Fsp3) is 0.556. The summed E-state index contributed by atoms with van der Waals surface area (Å²) < 4.78 is 1.79. The van der Waals surface area contributed by atoms with E-state index in [1.54, 1.807) is 23.3 Å². The summed E-state index contributed by atoms with van der Waals surface area (Å²) in [6.07, 6.45) is 7.47. The van der Waals surface area contributed by atoms with Crippen molar-refractivity contribution in [3.63, 3.8) is 0 Å². The molecule has 0 bridgehead atoms. The topological polar surface area (TPSA) is 38.1 Å². The zero-order chi connectivity index (χ0) is 9.26. The maximum Gasteiger partial charge on any atom is 0.242 e. The highest BCUT2D eigenvalue weighted by atomic mass is 16.2. The van der Waals surface area contributed by atoms with Crippen molar-refractivity contribution in [1.29, 1.82) is 0 Å². The number of carbonyl (C=O) groups excluding carboxylic acids is 1. The maximum absolute atomic E-state index is 11.6. The molecule has 0 atom stereocenters. The summed E-state index contributed by atoms with van der Waals surface area (Å²) in [4.78, 5) is 17.3. The van der Waals surface area contributed by atoms with Gasteiger partial charge >= 0.3 is 0 Å². The highest BCUT2D eigenvalue weighted by Gasteiger charge is 2.29. The van der Waals surface area contributed by atoms with Crippen molar-refractivity contribution in [3.8, 4) is 0 Å². The number of imidazole rings is 1. The molecule has 4 nitrogen and oxygen atoms in total. The second-order valence-electron chi connectivity index (χ2n) is 3.47. The van der Waals surface area contributed by atoms with Crippen LogP contribution in [0.15, 0.2) is 18.7 Å². The van der Waals surface area contributed by atoms with Crippen molar-refractivity contribution in [3.05, 3.63) is 18.7 Å². The first kappa shape index (κ1) is 8.29. The van der Waals surface area contributed by atoms with Crippen molar-refractivity contribution in [2.24, 2.45) is 0 Å². The van der Waals surface area contributed by atoms with Crippen molar-refractivity contribution in [2.75, 3.05) is 7.05 Å². The molecular weight excluding hydrogens is 166 g/mol. The van der Waals surface area contributed by atoms with Crippen molar-refractivity contribution >= 4 is 5.91 Å². The van der Waals surface area contributed by atoms with E-state index in [4.69, 9.17) is 0 Å². The molecule has 0 saturated heterocycles. The first-order valence-electron chi connectivity index (χ1n) is 4.49. The number of aromatic nitrogens is 2. The largest absolute Gasteiger partial charge is 0.341 e. The van der Waals surface area contributed by atoms with E-state index in [2.05, 4.69) is 4.98 Å². The smallest absolute Gasteiger partial charge is 0.242 e. The Hall–Kier alpha value is -1.32. The number of carbonyl (C=O) groups is 1. The van der Waals surface area contributed by atoms with Crippen molar-refractivity contribution in [2.45, 2.75) is 25.4 Å². The van der Waals surface area contributed by atoms with Crippen LogP contribution in [0.4, 0.5) is 0 Å². The second kappa shape index (κ2) is 3.20. The summed E-state index contributed by atoms with van der Waals surface area (Å²) in [5.41, 5.74) is 0. The van der Waals surface area contributed by atoms with Crippen LogP contribution in [0.3, 0.4) is 0 Å². The van der Waals surface area contributed by atoms with Gasteiger partial charge in [0.25, 0.3) is 0 Å². The molecule has 1 fully saturated rings. The summed E-state index contributed by atoms with van der Waals surface area (Å²) in [5.74, 6) is 0.167. The molecule has 0 aliphatic heterocycles. The molecule has 70 valence electrons. The minimum atomic E-state index is 0.167. The number of rotatable bonds is 3. The molecule has 4 heteroatoms. The number of hydrogen-bond acceptors (Lipinski definition) is 2. The number of nitrogens with zero attached hydrogens (tertiary/aromatic N) is 3. The third-order valence-electron chi connectivity index (χ3n) is 2.37. The van der Waals surface area contributed by atoms with Crippen LogP contribution >= 0.6 is 0 Å². The predicted octanol–water partition coefficient (Wildman–Crippen LogP) is 0.504. The molecule has 0 N–H and O–H groups in total. The van der Waals surface area contributed by atoms with Gasteiger partial charge < -0.3 is 9.47 Å². The molecule has 0 unspecified atom stereocenters. The normalized spacial score (nSPS) is 15.8. The predicted molar refractivity (Wildman–Crippen MR) is 48.0 cm³/mol. The van der Waals surface area contributed by atoms with Gasteiger partial charge in [0.1, 0.15) is 6.54 Å². The molecule has 0 spiro atoms. The standard InChI is InChI=1S/C9H13N3O/c1-11(8-2-3-8)9(13)6-12-5-4-10-7-12/h4-5,7-8H,2-3,6H2,1H3. The number of amides is 1. The highest BCUT2D eigenvalue weighted by Crippen LogP contribution is 2.25. The van der Waals surface area contributed by atoms with Crippen LogP contribution in [0.2, 0.25) is 0 Å². The Labute approximate surface area is 77.2 Å². The van der Waals surface area contributed by atoms with Crippen LogP contribution in [0.25, 0.3) is 0 Å². The molecule has 1 saturated carbocycles. The van der Waals surface area contributed by atoms with Crippen LogP contribution < -0.4 is 0 Å². The molecule has 1 aromatic heterocycles.